The molecule has 0 radical (unpaired) electrons. The highest BCUT2D eigenvalue weighted by molar-refractivity contribution is 5.73. The van der Waals surface area contributed by atoms with Gasteiger partial charge in [-0.25, -0.2) is 4.98 Å². The Bertz CT molecular complexity index is 794. The van der Waals surface area contributed by atoms with Gasteiger partial charge in [-0.15, -0.1) is 0 Å². The Morgan fingerprint density at radius 3 is 2.70 bits per heavy atom. The lowest BCUT2D eigenvalue weighted by molar-refractivity contribution is 0.811. The van der Waals surface area contributed by atoms with Gasteiger partial charge in [0.05, 0.1) is 29.3 Å². The number of nitrogens with two attached hydrogens (primary N) is 1. The summed E-state index contributed by atoms with van der Waals surface area (Å²) in [7, 11) is 0. The maximum atomic E-state index is 9.29. The van der Waals surface area contributed by atoms with Crippen molar-refractivity contribution in [2.75, 3.05) is 0 Å². The summed E-state index contributed by atoms with van der Waals surface area (Å²) in [6, 6.07) is 13.9. The second-order valence-corrected chi connectivity index (χ2v) is 4.78. The molecule has 0 aliphatic heterocycles. The number of nitriles is 1. The Morgan fingerprint density at radius 2 is 2.05 bits per heavy atom. The Morgan fingerprint density at radius 1 is 1.30 bits per heavy atom. The van der Waals surface area contributed by atoms with Crippen LogP contribution in [0, 0.1) is 11.3 Å². The second-order valence-electron chi connectivity index (χ2n) is 4.78. The summed E-state index contributed by atoms with van der Waals surface area (Å²) in [5.74, 6) is 0. The van der Waals surface area contributed by atoms with Gasteiger partial charge < -0.3 is 5.73 Å². The molecule has 0 fully saturated rings. The minimum absolute atomic E-state index is 0.163. The Kier molecular flexibility index (Phi) is 2.97. The smallest absolute Gasteiger partial charge is 0.101 e. The van der Waals surface area contributed by atoms with Crippen LogP contribution in [0.5, 0.6) is 0 Å². The first-order valence-electron chi connectivity index (χ1n) is 6.42. The minimum atomic E-state index is -0.163. The topological polar surface area (TPSA) is 67.1 Å². The van der Waals surface area contributed by atoms with E-state index in [0.29, 0.717) is 5.56 Å². The van der Waals surface area contributed by atoms with Crippen LogP contribution in [-0.4, -0.2) is 9.38 Å². The summed E-state index contributed by atoms with van der Waals surface area (Å²) >= 11 is 0. The Labute approximate surface area is 117 Å². The van der Waals surface area contributed by atoms with E-state index in [2.05, 4.69) is 11.1 Å². The number of hydrogen-bond donors (Lipinski definition) is 1. The summed E-state index contributed by atoms with van der Waals surface area (Å²) in [4.78, 5) is 4.17. The van der Waals surface area contributed by atoms with Crippen molar-refractivity contribution in [2.24, 2.45) is 5.73 Å². The van der Waals surface area contributed by atoms with E-state index < -0.39 is 0 Å². The third-order valence-corrected chi connectivity index (χ3v) is 3.39. The maximum Gasteiger partial charge on any atom is 0.101 e. The molecule has 4 nitrogen and oxygen atoms in total. The molecule has 1 atom stereocenters. The van der Waals surface area contributed by atoms with E-state index in [1.54, 1.807) is 12.5 Å². The number of nitrogens with zero attached hydrogens (tertiary/aromatic N) is 3. The molecule has 2 aromatic heterocycles. The van der Waals surface area contributed by atoms with Crippen LogP contribution in [0.2, 0.25) is 0 Å². The third-order valence-electron chi connectivity index (χ3n) is 3.39. The normalized spacial score (nSPS) is 12.2. The summed E-state index contributed by atoms with van der Waals surface area (Å²) in [5, 5.41) is 9.29. The van der Waals surface area contributed by atoms with Gasteiger partial charge in [0, 0.05) is 6.04 Å². The quantitative estimate of drug-likeness (QED) is 0.772. The van der Waals surface area contributed by atoms with Crippen molar-refractivity contribution in [1.82, 2.24) is 9.38 Å². The fraction of sp³-hybridized carbons (Fsp3) is 0.125. The van der Waals surface area contributed by atoms with Crippen molar-refractivity contribution in [3.8, 4) is 17.3 Å². The fourth-order valence-electron chi connectivity index (χ4n) is 2.45. The SMILES string of the molecule is CC(N)c1cc(C#N)c2cncn2c1-c1ccccc1. The summed E-state index contributed by atoms with van der Waals surface area (Å²) in [6.45, 7) is 1.92. The van der Waals surface area contributed by atoms with Crippen LogP contribution in [-0.2, 0) is 0 Å². The van der Waals surface area contributed by atoms with Gasteiger partial charge in [0.2, 0.25) is 0 Å². The van der Waals surface area contributed by atoms with E-state index in [1.807, 2.05) is 47.7 Å². The zero-order chi connectivity index (χ0) is 14.1. The van der Waals surface area contributed by atoms with Gasteiger partial charge >= 0.3 is 0 Å². The van der Waals surface area contributed by atoms with E-state index in [1.165, 1.54) is 0 Å². The molecular formula is C16H14N4. The number of pyridine rings is 1. The van der Waals surface area contributed by atoms with Gasteiger partial charge in [-0.2, -0.15) is 5.26 Å². The Balaban J connectivity index is 2.43. The van der Waals surface area contributed by atoms with Crippen molar-refractivity contribution in [3.05, 3.63) is 60.0 Å². The highest BCUT2D eigenvalue weighted by Gasteiger charge is 2.16. The molecule has 20 heavy (non-hydrogen) atoms. The number of benzene rings is 1. The number of imidazole rings is 1. The standard InChI is InChI=1S/C16H14N4/c1-11(18)14-7-13(8-17)15-9-19-10-20(15)16(14)12-5-3-2-4-6-12/h2-7,9-11H,18H2,1H3. The highest BCUT2D eigenvalue weighted by atomic mass is 15.0. The van der Waals surface area contributed by atoms with E-state index in [4.69, 9.17) is 5.73 Å². The summed E-state index contributed by atoms with van der Waals surface area (Å²) in [6.07, 6.45) is 3.43. The van der Waals surface area contributed by atoms with E-state index >= 15 is 0 Å². The molecule has 3 aromatic rings. The van der Waals surface area contributed by atoms with E-state index in [0.717, 1.165) is 22.3 Å². The van der Waals surface area contributed by atoms with Gasteiger partial charge in [0.15, 0.2) is 0 Å². The molecule has 0 saturated heterocycles. The average Bonchev–Trinajstić information content (AvgIpc) is 2.95. The van der Waals surface area contributed by atoms with Crippen molar-refractivity contribution in [1.29, 1.82) is 5.26 Å². The predicted octanol–water partition coefficient (Wildman–Crippen LogP) is 2.89. The number of hydrogen-bond acceptors (Lipinski definition) is 3. The van der Waals surface area contributed by atoms with Crippen molar-refractivity contribution < 1.29 is 0 Å². The molecule has 98 valence electrons. The van der Waals surface area contributed by atoms with Crippen LogP contribution >= 0.6 is 0 Å². The molecule has 0 spiro atoms. The molecule has 4 heteroatoms. The molecule has 0 bridgehead atoms. The first-order chi connectivity index (χ1) is 9.72. The largest absolute Gasteiger partial charge is 0.324 e. The van der Waals surface area contributed by atoms with Crippen molar-refractivity contribution in [3.63, 3.8) is 0 Å². The molecule has 1 unspecified atom stereocenters. The molecule has 2 N–H and O–H groups in total. The lowest BCUT2D eigenvalue weighted by Gasteiger charge is -2.16. The second kappa shape index (κ2) is 4.80. The first kappa shape index (κ1) is 12.4. The van der Waals surface area contributed by atoms with E-state index in [-0.39, 0.29) is 6.04 Å². The molecule has 0 aliphatic rings. The van der Waals surface area contributed by atoms with Crippen LogP contribution in [0.15, 0.2) is 48.9 Å². The summed E-state index contributed by atoms with van der Waals surface area (Å²) < 4.78 is 1.94. The van der Waals surface area contributed by atoms with Crippen molar-refractivity contribution >= 4 is 5.52 Å². The zero-order valence-corrected chi connectivity index (χ0v) is 11.1. The van der Waals surface area contributed by atoms with Crippen LogP contribution in [0.3, 0.4) is 0 Å². The highest BCUT2D eigenvalue weighted by Crippen LogP contribution is 2.30. The van der Waals surface area contributed by atoms with Crippen LogP contribution in [0.4, 0.5) is 0 Å². The van der Waals surface area contributed by atoms with Gasteiger partial charge in [-0.05, 0) is 24.1 Å². The zero-order valence-electron chi connectivity index (χ0n) is 11.1. The maximum absolute atomic E-state index is 9.29. The Hall–Kier alpha value is -2.64. The molecule has 0 saturated carbocycles. The number of fused-ring (bicyclic) bond motifs is 1. The number of aromatic nitrogens is 2. The van der Waals surface area contributed by atoms with Crippen LogP contribution < -0.4 is 5.73 Å². The minimum Gasteiger partial charge on any atom is -0.324 e. The molecule has 0 aliphatic carbocycles. The van der Waals surface area contributed by atoms with Crippen LogP contribution in [0.1, 0.15) is 24.1 Å². The van der Waals surface area contributed by atoms with Gasteiger partial charge in [-0.1, -0.05) is 30.3 Å². The fourth-order valence-corrected chi connectivity index (χ4v) is 2.45. The first-order valence-corrected chi connectivity index (χ1v) is 6.42. The summed E-state index contributed by atoms with van der Waals surface area (Å²) in [5.41, 5.74) is 10.5. The third kappa shape index (κ3) is 1.85. The lowest BCUT2D eigenvalue weighted by Crippen LogP contribution is -2.10. The predicted molar refractivity (Wildman–Crippen MR) is 77.9 cm³/mol. The van der Waals surface area contributed by atoms with Crippen LogP contribution in [0.25, 0.3) is 16.8 Å². The average molecular weight is 262 g/mol. The lowest BCUT2D eigenvalue weighted by atomic mass is 9.98. The molecule has 1 aromatic carbocycles. The van der Waals surface area contributed by atoms with Gasteiger partial charge in [-0.3, -0.25) is 4.40 Å². The van der Waals surface area contributed by atoms with Crippen molar-refractivity contribution in [2.45, 2.75) is 13.0 Å². The molecule has 2 heterocycles. The molecule has 0 amide bonds. The van der Waals surface area contributed by atoms with Gasteiger partial charge in [0.25, 0.3) is 0 Å². The van der Waals surface area contributed by atoms with E-state index in [9.17, 15) is 5.26 Å². The monoisotopic (exact) mass is 262 g/mol. The number of rotatable bonds is 2. The van der Waals surface area contributed by atoms with Gasteiger partial charge in [0.1, 0.15) is 6.07 Å². The molecule has 3 rings (SSSR count). The molecular weight excluding hydrogens is 248 g/mol.